The molecule has 9 heteroatoms. The second-order valence-corrected chi connectivity index (χ2v) is 9.40. The van der Waals surface area contributed by atoms with Crippen LogP contribution in [0.2, 0.25) is 10.0 Å². The van der Waals surface area contributed by atoms with E-state index in [2.05, 4.69) is 17.1 Å². The second-order valence-electron chi connectivity index (χ2n) is 8.55. The summed E-state index contributed by atoms with van der Waals surface area (Å²) >= 11 is 12.2. The van der Waals surface area contributed by atoms with Crippen molar-refractivity contribution in [1.82, 2.24) is 19.4 Å². The highest BCUT2D eigenvalue weighted by Crippen LogP contribution is 2.28. The van der Waals surface area contributed by atoms with E-state index in [1.807, 2.05) is 43.0 Å². The van der Waals surface area contributed by atoms with Crippen LogP contribution in [0.25, 0.3) is 10.9 Å². The normalized spacial score (nSPS) is 17.7. The summed E-state index contributed by atoms with van der Waals surface area (Å²) in [6, 6.07) is 12.2. The molecule has 34 heavy (non-hydrogen) atoms. The number of nitrogens with zero attached hydrogens (tertiary/aromatic N) is 4. The number of anilines is 1. The summed E-state index contributed by atoms with van der Waals surface area (Å²) < 4.78 is 1.78. The zero-order valence-electron chi connectivity index (χ0n) is 19.6. The molecule has 2 atom stereocenters. The van der Waals surface area contributed by atoms with Gasteiger partial charge in [-0.1, -0.05) is 42.3 Å². The van der Waals surface area contributed by atoms with Gasteiger partial charge >= 0.3 is 6.03 Å². The number of rotatable bonds is 5. The van der Waals surface area contributed by atoms with Crippen LogP contribution in [0.3, 0.4) is 0 Å². The first-order valence-corrected chi connectivity index (χ1v) is 12.4. The fourth-order valence-electron chi connectivity index (χ4n) is 4.70. The number of carbonyl (C=O) groups is 1. The fourth-order valence-corrected chi connectivity index (χ4v) is 5.15. The average molecular weight is 502 g/mol. The Morgan fingerprint density at radius 3 is 2.62 bits per heavy atom. The molecule has 1 saturated heterocycles. The number of urea groups is 1. The van der Waals surface area contributed by atoms with Crippen molar-refractivity contribution in [3.8, 4) is 0 Å². The molecule has 1 fully saturated rings. The molecule has 1 aliphatic rings. The van der Waals surface area contributed by atoms with Crippen molar-refractivity contribution in [2.75, 3.05) is 25.0 Å². The molecule has 1 aromatic heterocycles. The number of amides is 2. The molecule has 1 aliphatic heterocycles. The van der Waals surface area contributed by atoms with E-state index in [9.17, 15) is 9.59 Å². The van der Waals surface area contributed by atoms with Crippen LogP contribution in [-0.2, 0) is 6.54 Å². The molecule has 1 N–H and O–H groups in total. The molecule has 0 radical (unpaired) electrons. The molecule has 180 valence electrons. The Balaban J connectivity index is 1.54. The van der Waals surface area contributed by atoms with Crippen molar-refractivity contribution >= 4 is 45.8 Å². The highest BCUT2D eigenvalue weighted by atomic mass is 35.5. The maximum absolute atomic E-state index is 13.1. The van der Waals surface area contributed by atoms with Crippen LogP contribution < -0.4 is 10.9 Å². The van der Waals surface area contributed by atoms with Gasteiger partial charge in [-0.2, -0.15) is 0 Å². The maximum atomic E-state index is 13.1. The lowest BCUT2D eigenvalue weighted by Gasteiger charge is -2.43. The lowest BCUT2D eigenvalue weighted by atomic mass is 10.1. The standard InChI is InChI=1S/C25H29Cl2N5O2/c1-4-22(23-28-20-9-7-6-8-18(20)24(33)31(23)5-2)30-12-13-32(16(3)15-30)25(34)29-21-11-10-17(26)14-19(21)27/h6-11,14,16,22H,4-5,12-13,15H2,1-3H3,(H,29,34). The van der Waals surface area contributed by atoms with Gasteiger partial charge in [0.15, 0.2) is 0 Å². The summed E-state index contributed by atoms with van der Waals surface area (Å²) in [5.41, 5.74) is 1.24. The van der Waals surface area contributed by atoms with Gasteiger partial charge in [-0.3, -0.25) is 14.3 Å². The number of halogens is 2. The molecule has 2 aromatic carbocycles. The van der Waals surface area contributed by atoms with Gasteiger partial charge in [0.1, 0.15) is 5.82 Å². The number of fused-ring (bicyclic) bond motifs is 1. The lowest BCUT2D eigenvalue weighted by molar-refractivity contribution is 0.0718. The summed E-state index contributed by atoms with van der Waals surface area (Å²) in [7, 11) is 0. The SMILES string of the molecule is CCC(c1nc2ccccc2c(=O)n1CC)N1CCN(C(=O)Nc2ccc(Cl)cc2Cl)C(C)C1. The van der Waals surface area contributed by atoms with E-state index >= 15 is 0 Å². The number of hydrogen-bond donors (Lipinski definition) is 1. The zero-order chi connectivity index (χ0) is 24.4. The van der Waals surface area contributed by atoms with Gasteiger partial charge < -0.3 is 10.2 Å². The van der Waals surface area contributed by atoms with Crippen LogP contribution in [-0.4, -0.2) is 51.1 Å². The third-order valence-electron chi connectivity index (χ3n) is 6.43. The van der Waals surface area contributed by atoms with Crippen molar-refractivity contribution in [1.29, 1.82) is 0 Å². The zero-order valence-corrected chi connectivity index (χ0v) is 21.1. The number of aromatic nitrogens is 2. The first kappa shape index (κ1) is 24.5. The van der Waals surface area contributed by atoms with Crippen LogP contribution in [0.4, 0.5) is 10.5 Å². The minimum atomic E-state index is -0.196. The molecule has 4 rings (SSSR count). The number of nitrogens with one attached hydrogen (secondary N) is 1. The molecular weight excluding hydrogens is 473 g/mol. The van der Waals surface area contributed by atoms with E-state index in [-0.39, 0.29) is 23.7 Å². The second kappa shape index (κ2) is 10.3. The smallest absolute Gasteiger partial charge is 0.319 e. The topological polar surface area (TPSA) is 70.5 Å². The number of para-hydroxylation sites is 1. The van der Waals surface area contributed by atoms with E-state index in [4.69, 9.17) is 28.2 Å². The van der Waals surface area contributed by atoms with Crippen molar-refractivity contribution < 1.29 is 4.79 Å². The van der Waals surface area contributed by atoms with Crippen molar-refractivity contribution in [2.45, 2.75) is 45.8 Å². The highest BCUT2D eigenvalue weighted by Gasteiger charge is 2.33. The quantitative estimate of drug-likeness (QED) is 0.507. The van der Waals surface area contributed by atoms with E-state index < -0.39 is 0 Å². The van der Waals surface area contributed by atoms with E-state index in [1.54, 1.807) is 22.8 Å². The molecule has 7 nitrogen and oxygen atoms in total. The Hall–Kier alpha value is -2.61. The molecule has 0 aliphatic carbocycles. The largest absolute Gasteiger partial charge is 0.322 e. The van der Waals surface area contributed by atoms with Crippen LogP contribution in [0.15, 0.2) is 47.3 Å². The van der Waals surface area contributed by atoms with Crippen LogP contribution >= 0.6 is 23.2 Å². The molecule has 2 amide bonds. The Morgan fingerprint density at radius 2 is 1.94 bits per heavy atom. The summed E-state index contributed by atoms with van der Waals surface area (Å²) in [6.45, 7) is 8.58. The van der Waals surface area contributed by atoms with Crippen molar-refractivity contribution in [3.63, 3.8) is 0 Å². The monoisotopic (exact) mass is 501 g/mol. The van der Waals surface area contributed by atoms with Gasteiger partial charge in [0.25, 0.3) is 5.56 Å². The molecule has 0 saturated carbocycles. The predicted molar refractivity (Wildman–Crippen MR) is 138 cm³/mol. The Morgan fingerprint density at radius 1 is 1.18 bits per heavy atom. The molecule has 0 spiro atoms. The number of piperazine rings is 1. The lowest BCUT2D eigenvalue weighted by Crippen LogP contribution is -2.56. The molecule has 3 aromatic rings. The van der Waals surface area contributed by atoms with Gasteiger partial charge in [0.2, 0.25) is 0 Å². The average Bonchev–Trinajstić information content (AvgIpc) is 2.81. The Kier molecular flexibility index (Phi) is 7.45. The van der Waals surface area contributed by atoms with E-state index in [0.717, 1.165) is 17.8 Å². The van der Waals surface area contributed by atoms with Crippen molar-refractivity contribution in [2.24, 2.45) is 0 Å². The van der Waals surface area contributed by atoms with E-state index in [1.165, 1.54) is 0 Å². The van der Waals surface area contributed by atoms with E-state index in [0.29, 0.717) is 47.3 Å². The highest BCUT2D eigenvalue weighted by molar-refractivity contribution is 6.36. The van der Waals surface area contributed by atoms with Gasteiger partial charge in [0.05, 0.1) is 27.7 Å². The summed E-state index contributed by atoms with van der Waals surface area (Å²) in [4.78, 5) is 35.2. The number of carbonyl (C=O) groups excluding carboxylic acids is 1. The third kappa shape index (κ3) is 4.78. The van der Waals surface area contributed by atoms with Gasteiger partial charge in [0, 0.05) is 37.2 Å². The summed E-state index contributed by atoms with van der Waals surface area (Å²) in [5.74, 6) is 0.784. The van der Waals surface area contributed by atoms with Gasteiger partial charge in [-0.25, -0.2) is 9.78 Å². The van der Waals surface area contributed by atoms with Crippen molar-refractivity contribution in [3.05, 3.63) is 68.7 Å². The minimum absolute atomic E-state index is 0.00699. The van der Waals surface area contributed by atoms with Crippen LogP contribution in [0, 0.1) is 0 Å². The summed E-state index contributed by atoms with van der Waals surface area (Å²) in [6.07, 6.45) is 0.810. The third-order valence-corrected chi connectivity index (χ3v) is 6.97. The maximum Gasteiger partial charge on any atom is 0.322 e. The Bertz CT molecular complexity index is 1260. The van der Waals surface area contributed by atoms with Gasteiger partial charge in [-0.15, -0.1) is 0 Å². The van der Waals surface area contributed by atoms with Crippen LogP contribution in [0.5, 0.6) is 0 Å². The van der Waals surface area contributed by atoms with Gasteiger partial charge in [-0.05, 0) is 50.6 Å². The predicted octanol–water partition coefficient (Wildman–Crippen LogP) is 5.41. The molecule has 2 unspecified atom stereocenters. The molecular formula is C25H29Cl2N5O2. The number of benzene rings is 2. The fraction of sp³-hybridized carbons (Fsp3) is 0.400. The molecule has 2 heterocycles. The first-order chi connectivity index (χ1) is 16.3. The summed E-state index contributed by atoms with van der Waals surface area (Å²) in [5, 5.41) is 4.45. The first-order valence-electron chi connectivity index (χ1n) is 11.6. The number of hydrogen-bond acceptors (Lipinski definition) is 4. The van der Waals surface area contributed by atoms with Crippen LogP contribution in [0.1, 0.15) is 39.1 Å². The Labute approximate surface area is 209 Å². The minimum Gasteiger partial charge on any atom is -0.319 e. The molecule has 0 bridgehead atoms.